The van der Waals surface area contributed by atoms with Gasteiger partial charge < -0.3 is 20.3 Å². The van der Waals surface area contributed by atoms with Crippen molar-refractivity contribution in [2.75, 3.05) is 7.11 Å². The van der Waals surface area contributed by atoms with Gasteiger partial charge in [0.2, 0.25) is 0 Å². The Balaban J connectivity index is 1.57. The molecule has 0 aromatic heterocycles. The summed E-state index contributed by atoms with van der Waals surface area (Å²) in [6, 6.07) is -1.07. The Bertz CT molecular complexity index is 1240. The van der Waals surface area contributed by atoms with Crippen molar-refractivity contribution in [2.24, 2.45) is 50.2 Å². The molecule has 8 heteroatoms. The molecule has 4 saturated carbocycles. The number of nitrogens with one attached hydrogen (secondary N) is 1. The number of carboxylic acids is 2. The van der Waals surface area contributed by atoms with E-state index in [1.165, 1.54) is 7.11 Å². The summed E-state index contributed by atoms with van der Waals surface area (Å²) in [4.78, 5) is 52.2. The van der Waals surface area contributed by atoms with Crippen LogP contribution < -0.4 is 5.32 Å². The molecule has 8 nitrogen and oxygen atoms in total. The largest absolute Gasteiger partial charge is 0.481 e. The summed E-state index contributed by atoms with van der Waals surface area (Å²) < 4.78 is 4.91. The van der Waals surface area contributed by atoms with E-state index in [9.17, 15) is 29.4 Å². The first-order valence-corrected chi connectivity index (χ1v) is 15.9. The molecule has 11 atom stereocenters. The Kier molecular flexibility index (Phi) is 7.16. The molecule has 0 aliphatic heterocycles. The molecule has 0 aromatic rings. The number of hydrogen-bond donors (Lipinski definition) is 3. The van der Waals surface area contributed by atoms with E-state index >= 15 is 0 Å². The van der Waals surface area contributed by atoms with Gasteiger partial charge in [-0.2, -0.15) is 0 Å². The van der Waals surface area contributed by atoms with Crippen LogP contribution >= 0.6 is 0 Å². The first-order chi connectivity index (χ1) is 19.3. The van der Waals surface area contributed by atoms with Crippen LogP contribution in [0.15, 0.2) is 11.6 Å². The molecular formula is C34H51NO7. The molecule has 0 radical (unpaired) electrons. The first-order valence-electron chi connectivity index (χ1n) is 15.9. The summed E-state index contributed by atoms with van der Waals surface area (Å²) in [6.45, 7) is 14.4. The quantitative estimate of drug-likeness (QED) is 0.354. The number of hydrogen-bond acceptors (Lipinski definition) is 6. The minimum absolute atomic E-state index is 0.0210. The molecule has 4 fully saturated rings. The number of carbonyl (C=O) groups excluding carboxylic acids is 2. The van der Waals surface area contributed by atoms with Crippen molar-refractivity contribution in [2.45, 2.75) is 118 Å². The molecule has 5 aliphatic carbocycles. The molecule has 5 rings (SSSR count). The van der Waals surface area contributed by atoms with E-state index in [1.807, 2.05) is 13.0 Å². The molecule has 234 valence electrons. The molecule has 0 amide bonds. The predicted molar refractivity (Wildman–Crippen MR) is 157 cm³/mol. The van der Waals surface area contributed by atoms with Gasteiger partial charge in [0.15, 0.2) is 5.78 Å². The van der Waals surface area contributed by atoms with Gasteiger partial charge in [-0.1, -0.05) is 33.3 Å². The highest BCUT2D eigenvalue weighted by atomic mass is 16.5. The first kappa shape index (κ1) is 31.2. The summed E-state index contributed by atoms with van der Waals surface area (Å²) >= 11 is 0. The number of rotatable bonds is 5. The average molecular weight is 586 g/mol. The third-order valence-corrected chi connectivity index (χ3v) is 14.2. The van der Waals surface area contributed by atoms with Crippen molar-refractivity contribution in [3.05, 3.63) is 11.6 Å². The highest BCUT2D eigenvalue weighted by molar-refractivity contribution is 5.96. The zero-order chi connectivity index (χ0) is 31.3. The fourth-order valence-corrected chi connectivity index (χ4v) is 11.2. The van der Waals surface area contributed by atoms with Crippen LogP contribution in [-0.4, -0.2) is 53.1 Å². The second-order valence-corrected chi connectivity index (χ2v) is 16.1. The van der Waals surface area contributed by atoms with Gasteiger partial charge >= 0.3 is 17.9 Å². The molecule has 0 bridgehead atoms. The monoisotopic (exact) mass is 585 g/mol. The van der Waals surface area contributed by atoms with Crippen molar-refractivity contribution in [1.82, 2.24) is 5.32 Å². The standard InChI is InChI=1S/C34H51NO7/c1-19(26(37)42-8)35-24-10-11-31(4)23(34(24,7)28(40)41)9-12-33(6)25(31)22(36)17-20-21-18-30(3,27(38)39)14-13-29(21,2)15-16-32(20,33)5/h17,19,21,23-25,35H,9-16,18H2,1-8H3,(H,38,39)(H,40,41)/t19-,21-,23+,24-,25+,29+,30-,31-,32+,33+,34-/m0/s1. The van der Waals surface area contributed by atoms with Crippen molar-refractivity contribution < 1.29 is 34.1 Å². The van der Waals surface area contributed by atoms with Gasteiger partial charge in [0.25, 0.3) is 0 Å². The van der Waals surface area contributed by atoms with Gasteiger partial charge in [-0.3, -0.25) is 19.2 Å². The zero-order valence-electron chi connectivity index (χ0n) is 26.8. The summed E-state index contributed by atoms with van der Waals surface area (Å²) in [6.07, 6.45) is 8.56. The lowest BCUT2D eigenvalue weighted by Gasteiger charge is -2.70. The van der Waals surface area contributed by atoms with Crippen LogP contribution in [-0.2, 0) is 23.9 Å². The highest BCUT2D eigenvalue weighted by Crippen LogP contribution is 2.75. The average Bonchev–Trinajstić information content (AvgIpc) is 2.91. The second-order valence-electron chi connectivity index (χ2n) is 16.1. The number of fused-ring (bicyclic) bond motifs is 7. The molecule has 5 aliphatic rings. The fourth-order valence-electron chi connectivity index (χ4n) is 11.2. The van der Waals surface area contributed by atoms with Gasteiger partial charge in [-0.25, -0.2) is 0 Å². The lowest BCUT2D eigenvalue weighted by molar-refractivity contribution is -0.202. The van der Waals surface area contributed by atoms with Crippen LogP contribution in [0.2, 0.25) is 0 Å². The normalized spacial score (nSPS) is 48.9. The van der Waals surface area contributed by atoms with E-state index in [-0.39, 0.29) is 39.8 Å². The summed E-state index contributed by atoms with van der Waals surface area (Å²) in [5.41, 5.74) is -2.00. The van der Waals surface area contributed by atoms with Crippen LogP contribution in [0, 0.1) is 50.2 Å². The maximum atomic E-state index is 14.5. The fraction of sp³-hybridized carbons (Fsp3) is 0.824. The minimum atomic E-state index is -1.17. The van der Waals surface area contributed by atoms with Gasteiger partial charge in [-0.05, 0) is 118 Å². The number of ether oxygens (including phenoxy) is 1. The second kappa shape index (κ2) is 9.64. The van der Waals surface area contributed by atoms with Crippen molar-refractivity contribution >= 4 is 23.7 Å². The van der Waals surface area contributed by atoms with Crippen LogP contribution in [0.1, 0.15) is 106 Å². The van der Waals surface area contributed by atoms with Gasteiger partial charge in [0, 0.05) is 12.0 Å². The van der Waals surface area contributed by atoms with E-state index in [1.54, 1.807) is 13.8 Å². The number of aliphatic carboxylic acids is 2. The van der Waals surface area contributed by atoms with E-state index in [0.717, 1.165) is 31.3 Å². The Hall–Kier alpha value is -2.22. The van der Waals surface area contributed by atoms with Crippen LogP contribution in [0.5, 0.6) is 0 Å². The topological polar surface area (TPSA) is 130 Å². The lowest BCUT2D eigenvalue weighted by Crippen LogP contribution is -2.69. The van der Waals surface area contributed by atoms with Crippen LogP contribution in [0.4, 0.5) is 0 Å². The van der Waals surface area contributed by atoms with E-state index in [0.29, 0.717) is 32.1 Å². The number of allylic oxidation sites excluding steroid dienone is 2. The van der Waals surface area contributed by atoms with Crippen molar-refractivity contribution in [3.8, 4) is 0 Å². The molecule has 0 saturated heterocycles. The Morgan fingerprint density at radius 1 is 0.929 bits per heavy atom. The summed E-state index contributed by atoms with van der Waals surface area (Å²) in [5.74, 6) is -2.52. The van der Waals surface area contributed by atoms with E-state index in [2.05, 4.69) is 33.0 Å². The third-order valence-electron chi connectivity index (χ3n) is 14.2. The predicted octanol–water partition coefficient (Wildman–Crippen LogP) is 5.64. The molecule has 0 heterocycles. The van der Waals surface area contributed by atoms with Gasteiger partial charge in [0.05, 0.1) is 17.9 Å². The number of esters is 1. The summed E-state index contributed by atoms with van der Waals surface area (Å²) in [5, 5.41) is 24.2. The molecule has 0 spiro atoms. The number of ketones is 1. The zero-order valence-corrected chi connectivity index (χ0v) is 26.8. The number of methoxy groups -OCH3 is 1. The summed E-state index contributed by atoms with van der Waals surface area (Å²) in [7, 11) is 1.33. The van der Waals surface area contributed by atoms with Crippen molar-refractivity contribution in [3.63, 3.8) is 0 Å². The number of carboxylic acid groups (broad SMARTS) is 2. The maximum absolute atomic E-state index is 14.5. The number of carbonyl (C=O) groups is 4. The molecular weight excluding hydrogens is 534 g/mol. The Morgan fingerprint density at radius 3 is 2.17 bits per heavy atom. The molecule has 0 aromatic carbocycles. The third kappa shape index (κ3) is 3.95. The Labute approximate surface area is 250 Å². The smallest absolute Gasteiger partial charge is 0.322 e. The minimum Gasteiger partial charge on any atom is -0.481 e. The van der Waals surface area contributed by atoms with Crippen LogP contribution in [0.25, 0.3) is 0 Å². The maximum Gasteiger partial charge on any atom is 0.322 e. The van der Waals surface area contributed by atoms with Crippen LogP contribution in [0.3, 0.4) is 0 Å². The van der Waals surface area contributed by atoms with Gasteiger partial charge in [-0.15, -0.1) is 0 Å². The molecule has 0 unspecified atom stereocenters. The van der Waals surface area contributed by atoms with E-state index in [4.69, 9.17) is 4.74 Å². The highest BCUT2D eigenvalue weighted by Gasteiger charge is 2.72. The molecule has 42 heavy (non-hydrogen) atoms. The van der Waals surface area contributed by atoms with E-state index < -0.39 is 46.2 Å². The van der Waals surface area contributed by atoms with Gasteiger partial charge in [0.1, 0.15) is 6.04 Å². The van der Waals surface area contributed by atoms with Crippen molar-refractivity contribution in [1.29, 1.82) is 0 Å². The SMILES string of the molecule is COC(=O)[C@H](C)N[C@H]1CC[C@@]2(C)[C@@H](CC[C@]3(C)[C@@H]2C(=O)C=C2[C@@H]4C[C@@](C)(C(=O)O)CC[C@]4(C)CC[C@]23C)[C@]1(C)C(=O)O. The lowest BCUT2D eigenvalue weighted by atomic mass is 9.33. The Morgan fingerprint density at radius 2 is 1.57 bits per heavy atom. The molecule has 3 N–H and O–H groups in total.